The second kappa shape index (κ2) is 7.54. The van der Waals surface area contributed by atoms with Gasteiger partial charge in [-0.15, -0.1) is 11.3 Å². The fourth-order valence-corrected chi connectivity index (χ4v) is 3.98. The molecule has 1 unspecified atom stereocenters. The first kappa shape index (κ1) is 17.8. The zero-order valence-corrected chi connectivity index (χ0v) is 16.4. The maximum Gasteiger partial charge on any atom is 0.257 e. The van der Waals surface area contributed by atoms with Gasteiger partial charge in [-0.1, -0.05) is 53.7 Å². The van der Waals surface area contributed by atoms with E-state index in [0.717, 1.165) is 22.4 Å². The zero-order valence-electron chi connectivity index (χ0n) is 14.8. The molecule has 0 aliphatic rings. The average Bonchev–Trinajstić information content (AvgIpc) is 3.28. The molecule has 136 valence electrons. The molecule has 4 rings (SSSR count). The lowest BCUT2D eigenvalue weighted by atomic mass is 10.1. The molecular weight excluding hydrogens is 378 g/mol. The largest absolute Gasteiger partial charge is 0.431 e. The summed E-state index contributed by atoms with van der Waals surface area (Å²) in [7, 11) is 0. The number of aryl methyl sites for hydroxylation is 1. The number of rotatable bonds is 5. The SMILES string of the molecule is Cc1ccc(-c2csc(NC(=O)C(C)Sc3nc4ccccc4o3)n2)cc1. The first-order valence-electron chi connectivity index (χ1n) is 8.44. The Labute approximate surface area is 164 Å². The summed E-state index contributed by atoms with van der Waals surface area (Å²) in [5.74, 6) is -0.132. The number of aromatic nitrogens is 2. The van der Waals surface area contributed by atoms with Crippen LogP contribution in [0.1, 0.15) is 12.5 Å². The van der Waals surface area contributed by atoms with Gasteiger partial charge in [0.2, 0.25) is 5.91 Å². The highest BCUT2D eigenvalue weighted by Gasteiger charge is 2.19. The molecule has 7 heteroatoms. The number of carbonyl (C=O) groups is 1. The van der Waals surface area contributed by atoms with Gasteiger partial charge in [-0.2, -0.15) is 0 Å². The van der Waals surface area contributed by atoms with Gasteiger partial charge in [0.05, 0.1) is 10.9 Å². The molecule has 4 aromatic rings. The van der Waals surface area contributed by atoms with Crippen molar-refractivity contribution in [1.29, 1.82) is 0 Å². The lowest BCUT2D eigenvalue weighted by Gasteiger charge is -2.07. The Morgan fingerprint density at radius 2 is 1.93 bits per heavy atom. The van der Waals surface area contributed by atoms with Crippen LogP contribution in [0.15, 0.2) is 63.6 Å². The summed E-state index contributed by atoms with van der Waals surface area (Å²) in [6, 6.07) is 15.7. The molecule has 0 spiro atoms. The first-order chi connectivity index (χ1) is 13.1. The summed E-state index contributed by atoms with van der Waals surface area (Å²) in [6.07, 6.45) is 0. The molecule has 1 N–H and O–H groups in total. The minimum atomic E-state index is -0.357. The minimum Gasteiger partial charge on any atom is -0.431 e. The van der Waals surface area contributed by atoms with Crippen LogP contribution in [-0.2, 0) is 4.79 Å². The Hall–Kier alpha value is -2.64. The predicted octanol–water partition coefficient (Wildman–Crippen LogP) is 5.38. The monoisotopic (exact) mass is 395 g/mol. The van der Waals surface area contributed by atoms with E-state index >= 15 is 0 Å². The molecule has 27 heavy (non-hydrogen) atoms. The van der Waals surface area contributed by atoms with Crippen molar-refractivity contribution in [2.24, 2.45) is 0 Å². The molecule has 0 bridgehead atoms. The number of amides is 1. The number of anilines is 1. The quantitative estimate of drug-likeness (QED) is 0.460. The Morgan fingerprint density at radius 1 is 1.15 bits per heavy atom. The van der Waals surface area contributed by atoms with Gasteiger partial charge in [0.15, 0.2) is 10.7 Å². The summed E-state index contributed by atoms with van der Waals surface area (Å²) in [5.41, 5.74) is 4.60. The van der Waals surface area contributed by atoms with E-state index in [1.807, 2.05) is 67.8 Å². The number of nitrogens with zero attached hydrogens (tertiary/aromatic N) is 2. The third kappa shape index (κ3) is 4.04. The molecule has 1 atom stereocenters. The number of thioether (sulfide) groups is 1. The summed E-state index contributed by atoms with van der Waals surface area (Å²) < 4.78 is 5.67. The molecule has 0 radical (unpaired) electrons. The van der Waals surface area contributed by atoms with Crippen molar-refractivity contribution in [3.05, 3.63) is 59.5 Å². The van der Waals surface area contributed by atoms with Crippen LogP contribution in [0.4, 0.5) is 5.13 Å². The summed E-state index contributed by atoms with van der Waals surface area (Å²) >= 11 is 2.70. The first-order valence-corrected chi connectivity index (χ1v) is 10.2. The van der Waals surface area contributed by atoms with E-state index in [1.54, 1.807) is 0 Å². The number of carbonyl (C=O) groups excluding carboxylic acids is 1. The van der Waals surface area contributed by atoms with Crippen molar-refractivity contribution < 1.29 is 9.21 Å². The minimum absolute atomic E-state index is 0.132. The van der Waals surface area contributed by atoms with Gasteiger partial charge in [0, 0.05) is 10.9 Å². The highest BCUT2D eigenvalue weighted by molar-refractivity contribution is 8.00. The van der Waals surface area contributed by atoms with Gasteiger partial charge in [-0.05, 0) is 26.0 Å². The van der Waals surface area contributed by atoms with E-state index in [4.69, 9.17) is 4.42 Å². The van der Waals surface area contributed by atoms with Crippen molar-refractivity contribution in [3.8, 4) is 11.3 Å². The molecule has 2 aromatic heterocycles. The van der Waals surface area contributed by atoms with Crippen molar-refractivity contribution in [2.45, 2.75) is 24.3 Å². The molecular formula is C20H17N3O2S2. The molecule has 5 nitrogen and oxygen atoms in total. The van der Waals surface area contributed by atoms with E-state index in [-0.39, 0.29) is 11.2 Å². The van der Waals surface area contributed by atoms with E-state index in [9.17, 15) is 4.79 Å². The van der Waals surface area contributed by atoms with Crippen LogP contribution in [-0.4, -0.2) is 21.1 Å². The maximum atomic E-state index is 12.5. The highest BCUT2D eigenvalue weighted by Crippen LogP contribution is 2.29. The van der Waals surface area contributed by atoms with E-state index in [0.29, 0.717) is 10.4 Å². The molecule has 2 heterocycles. The van der Waals surface area contributed by atoms with Crippen molar-refractivity contribution >= 4 is 45.2 Å². The lowest BCUT2D eigenvalue weighted by Crippen LogP contribution is -2.22. The molecule has 0 saturated carbocycles. The second-order valence-corrected chi connectivity index (χ2v) is 8.25. The molecule has 0 fully saturated rings. The van der Waals surface area contributed by atoms with Gasteiger partial charge < -0.3 is 9.73 Å². The van der Waals surface area contributed by atoms with E-state index < -0.39 is 0 Å². The zero-order chi connectivity index (χ0) is 18.8. The Balaban J connectivity index is 1.41. The van der Waals surface area contributed by atoms with Gasteiger partial charge >= 0.3 is 0 Å². The number of fused-ring (bicyclic) bond motifs is 1. The second-order valence-electron chi connectivity index (χ2n) is 6.10. The van der Waals surface area contributed by atoms with Crippen LogP contribution < -0.4 is 5.32 Å². The molecule has 2 aromatic carbocycles. The number of thiazole rings is 1. The summed E-state index contributed by atoms with van der Waals surface area (Å²) in [5, 5.41) is 5.53. The number of para-hydroxylation sites is 2. The lowest BCUT2D eigenvalue weighted by molar-refractivity contribution is -0.115. The Kier molecular flexibility index (Phi) is 4.96. The van der Waals surface area contributed by atoms with Crippen LogP contribution in [0.5, 0.6) is 0 Å². The number of hydrogen-bond acceptors (Lipinski definition) is 6. The predicted molar refractivity (Wildman–Crippen MR) is 110 cm³/mol. The van der Waals surface area contributed by atoms with Gasteiger partial charge in [-0.3, -0.25) is 4.79 Å². The number of oxazole rings is 1. The van der Waals surface area contributed by atoms with Gasteiger partial charge in [0.25, 0.3) is 5.22 Å². The van der Waals surface area contributed by atoms with E-state index in [1.165, 1.54) is 28.7 Å². The fourth-order valence-electron chi connectivity index (χ4n) is 2.50. The van der Waals surface area contributed by atoms with Gasteiger partial charge in [0.1, 0.15) is 5.52 Å². The summed E-state index contributed by atoms with van der Waals surface area (Å²) in [4.78, 5) is 21.4. The molecule has 0 saturated heterocycles. The van der Waals surface area contributed by atoms with Crippen molar-refractivity contribution in [3.63, 3.8) is 0 Å². The normalized spacial score (nSPS) is 12.2. The molecule has 0 aliphatic carbocycles. The van der Waals surface area contributed by atoms with Crippen molar-refractivity contribution in [1.82, 2.24) is 9.97 Å². The number of hydrogen-bond donors (Lipinski definition) is 1. The maximum absolute atomic E-state index is 12.5. The highest BCUT2D eigenvalue weighted by atomic mass is 32.2. The Bertz CT molecular complexity index is 1050. The Morgan fingerprint density at radius 3 is 2.70 bits per heavy atom. The van der Waals surface area contributed by atoms with Crippen LogP contribution in [0.2, 0.25) is 0 Å². The fraction of sp³-hybridized carbons (Fsp3) is 0.150. The molecule has 0 aliphatic heterocycles. The van der Waals surface area contributed by atoms with Crippen LogP contribution in [0.3, 0.4) is 0 Å². The molecule has 1 amide bonds. The van der Waals surface area contributed by atoms with Crippen LogP contribution >= 0.6 is 23.1 Å². The summed E-state index contributed by atoms with van der Waals surface area (Å²) in [6.45, 7) is 3.87. The average molecular weight is 396 g/mol. The third-order valence-electron chi connectivity index (χ3n) is 4.00. The smallest absolute Gasteiger partial charge is 0.257 e. The van der Waals surface area contributed by atoms with Crippen molar-refractivity contribution in [2.75, 3.05) is 5.32 Å². The van der Waals surface area contributed by atoms with Crippen LogP contribution in [0, 0.1) is 6.92 Å². The number of nitrogens with one attached hydrogen (secondary N) is 1. The topological polar surface area (TPSA) is 68.0 Å². The third-order valence-corrected chi connectivity index (χ3v) is 5.70. The standard InChI is InChI=1S/C20H17N3O2S2/c1-12-7-9-14(10-8-12)16-11-26-19(21-16)23-18(24)13(2)27-20-22-15-5-3-4-6-17(15)25-20/h3-11,13H,1-2H3,(H,21,23,24). The van der Waals surface area contributed by atoms with Crippen LogP contribution in [0.25, 0.3) is 22.4 Å². The van der Waals surface area contributed by atoms with E-state index in [2.05, 4.69) is 15.3 Å². The van der Waals surface area contributed by atoms with Gasteiger partial charge in [-0.25, -0.2) is 9.97 Å². The number of benzene rings is 2.